The molecule has 0 bridgehead atoms. The highest BCUT2D eigenvalue weighted by atomic mass is 16.5. The zero-order chi connectivity index (χ0) is 22.9. The number of ketones is 1. The molecule has 6 heteroatoms. The molecule has 31 heavy (non-hydrogen) atoms. The van der Waals surface area contributed by atoms with Crippen LogP contribution in [0.25, 0.3) is 0 Å². The number of allylic oxidation sites excluding steroid dienone is 4. The lowest BCUT2D eigenvalue weighted by Crippen LogP contribution is -2.21. The number of hydrogen-bond acceptors (Lipinski definition) is 6. The van der Waals surface area contributed by atoms with Crippen LogP contribution in [-0.4, -0.2) is 26.2 Å². The second-order valence-corrected chi connectivity index (χ2v) is 8.34. The maximum atomic E-state index is 12.7. The minimum absolute atomic E-state index is 0.0156. The van der Waals surface area contributed by atoms with E-state index in [2.05, 4.69) is 0 Å². The number of phenolic OH excluding ortho intramolecular Hbond substituents is 4. The monoisotopic (exact) mass is 424 g/mol. The fraction of sp³-hybridized carbons (Fsp3) is 0.320. The summed E-state index contributed by atoms with van der Waals surface area (Å²) in [7, 11) is 0. The van der Waals surface area contributed by atoms with Crippen molar-refractivity contribution in [2.45, 2.75) is 53.1 Å². The summed E-state index contributed by atoms with van der Waals surface area (Å²) >= 11 is 0. The average molecular weight is 424 g/mol. The van der Waals surface area contributed by atoms with E-state index in [1.807, 2.05) is 39.8 Å². The summed E-state index contributed by atoms with van der Waals surface area (Å²) in [5, 5.41) is 41.6. The molecule has 1 aliphatic heterocycles. The normalized spacial score (nSPS) is 15.1. The van der Waals surface area contributed by atoms with E-state index in [1.54, 1.807) is 6.07 Å². The van der Waals surface area contributed by atoms with Crippen LogP contribution in [0, 0.1) is 0 Å². The van der Waals surface area contributed by atoms with E-state index >= 15 is 0 Å². The van der Waals surface area contributed by atoms with Crippen LogP contribution in [0.3, 0.4) is 0 Å². The molecule has 3 rings (SSSR count). The molecular formula is C25H28O6. The van der Waals surface area contributed by atoms with Gasteiger partial charge in [0.1, 0.15) is 40.4 Å². The highest BCUT2D eigenvalue weighted by molar-refractivity contribution is 6.02. The standard InChI is InChI=1S/C25H28O6/c1-13(2)5-7-15-9-18(25(30)17(24(15)29)8-6-14(3)4)21-12-20(28)23-19(27)10-16(26)11-22(23)31-21/h5-6,9-11,21,26-27,29-30H,7-8,12H2,1-4H3/t21-/m0/s1. The molecule has 4 N–H and O–H groups in total. The predicted octanol–water partition coefficient (Wildman–Crippen LogP) is 5.23. The van der Waals surface area contributed by atoms with Gasteiger partial charge in [0, 0.05) is 23.3 Å². The summed E-state index contributed by atoms with van der Waals surface area (Å²) in [5.41, 5.74) is 3.52. The first-order valence-corrected chi connectivity index (χ1v) is 10.2. The molecule has 2 aromatic carbocycles. The molecule has 0 amide bonds. The summed E-state index contributed by atoms with van der Waals surface area (Å²) in [6.07, 6.45) is 3.75. The SMILES string of the molecule is CC(C)=CCc1cc([C@@H]2CC(=O)c3c(O)cc(O)cc3O2)c(O)c(CC=C(C)C)c1O. The van der Waals surface area contributed by atoms with Crippen molar-refractivity contribution >= 4 is 5.78 Å². The van der Waals surface area contributed by atoms with Crippen molar-refractivity contribution in [1.29, 1.82) is 0 Å². The van der Waals surface area contributed by atoms with Gasteiger partial charge in [-0.15, -0.1) is 0 Å². The summed E-state index contributed by atoms with van der Waals surface area (Å²) in [6, 6.07) is 4.01. The van der Waals surface area contributed by atoms with Gasteiger partial charge >= 0.3 is 0 Å². The van der Waals surface area contributed by atoms with Crippen molar-refractivity contribution in [1.82, 2.24) is 0 Å². The quantitative estimate of drug-likeness (QED) is 0.490. The third kappa shape index (κ3) is 4.68. The second-order valence-electron chi connectivity index (χ2n) is 8.34. The minimum atomic E-state index is -0.822. The number of rotatable bonds is 5. The molecule has 1 aliphatic rings. The van der Waals surface area contributed by atoms with Gasteiger partial charge in [0.25, 0.3) is 0 Å². The average Bonchev–Trinajstić information content (AvgIpc) is 2.65. The molecule has 0 radical (unpaired) electrons. The van der Waals surface area contributed by atoms with E-state index in [0.29, 0.717) is 29.5 Å². The van der Waals surface area contributed by atoms with Gasteiger partial charge in [-0.2, -0.15) is 0 Å². The molecule has 2 aromatic rings. The van der Waals surface area contributed by atoms with Gasteiger partial charge in [0.2, 0.25) is 0 Å². The number of ether oxygens (including phenoxy) is 1. The smallest absolute Gasteiger partial charge is 0.174 e. The van der Waals surface area contributed by atoms with E-state index in [0.717, 1.165) is 17.2 Å². The Hall–Kier alpha value is -3.41. The molecule has 0 unspecified atom stereocenters. The fourth-order valence-corrected chi connectivity index (χ4v) is 3.62. The molecular weight excluding hydrogens is 396 g/mol. The van der Waals surface area contributed by atoms with E-state index in [9.17, 15) is 25.2 Å². The Labute approximate surface area is 181 Å². The van der Waals surface area contributed by atoms with Crippen molar-refractivity contribution in [3.05, 3.63) is 63.8 Å². The topological polar surface area (TPSA) is 107 Å². The number of fused-ring (bicyclic) bond motifs is 1. The maximum absolute atomic E-state index is 12.7. The van der Waals surface area contributed by atoms with Crippen LogP contribution in [0.1, 0.15) is 67.3 Å². The molecule has 164 valence electrons. The summed E-state index contributed by atoms with van der Waals surface area (Å²) in [6.45, 7) is 7.78. The van der Waals surface area contributed by atoms with E-state index < -0.39 is 6.10 Å². The van der Waals surface area contributed by atoms with Crippen molar-refractivity contribution in [3.63, 3.8) is 0 Å². The summed E-state index contributed by atoms with van der Waals surface area (Å²) in [5.74, 6) is -0.971. The van der Waals surface area contributed by atoms with Crippen LogP contribution < -0.4 is 4.74 Å². The Morgan fingerprint density at radius 2 is 1.61 bits per heavy atom. The Bertz CT molecular complexity index is 1090. The van der Waals surface area contributed by atoms with E-state index in [1.165, 1.54) is 6.07 Å². The van der Waals surface area contributed by atoms with Crippen LogP contribution in [0.2, 0.25) is 0 Å². The van der Waals surface area contributed by atoms with Gasteiger partial charge < -0.3 is 25.2 Å². The number of aromatic hydroxyl groups is 4. The van der Waals surface area contributed by atoms with E-state index in [-0.39, 0.29) is 46.5 Å². The molecule has 0 aromatic heterocycles. The molecule has 1 atom stereocenters. The van der Waals surface area contributed by atoms with Gasteiger partial charge in [-0.3, -0.25) is 4.79 Å². The molecule has 0 spiro atoms. The Morgan fingerprint density at radius 1 is 0.968 bits per heavy atom. The lowest BCUT2D eigenvalue weighted by atomic mass is 9.90. The van der Waals surface area contributed by atoms with Gasteiger partial charge in [-0.05, 0) is 52.2 Å². The fourth-order valence-electron chi connectivity index (χ4n) is 3.62. The van der Waals surface area contributed by atoms with Crippen molar-refractivity contribution < 1.29 is 30.0 Å². The Balaban J connectivity index is 2.12. The van der Waals surface area contributed by atoms with Crippen LogP contribution >= 0.6 is 0 Å². The van der Waals surface area contributed by atoms with Crippen molar-refractivity contribution in [2.75, 3.05) is 0 Å². The van der Waals surface area contributed by atoms with Gasteiger partial charge in [-0.1, -0.05) is 23.3 Å². The van der Waals surface area contributed by atoms with Crippen LogP contribution in [-0.2, 0) is 12.8 Å². The number of hydrogen-bond donors (Lipinski definition) is 4. The number of carbonyl (C=O) groups excluding carboxylic acids is 1. The molecule has 0 fully saturated rings. The van der Waals surface area contributed by atoms with Crippen LogP contribution in [0.15, 0.2) is 41.5 Å². The highest BCUT2D eigenvalue weighted by Gasteiger charge is 2.33. The number of carbonyl (C=O) groups is 1. The molecule has 6 nitrogen and oxygen atoms in total. The Kier molecular flexibility index (Phi) is 6.29. The first kappa shape index (κ1) is 22.3. The first-order chi connectivity index (χ1) is 14.6. The lowest BCUT2D eigenvalue weighted by molar-refractivity contribution is 0.0842. The van der Waals surface area contributed by atoms with Crippen molar-refractivity contribution in [2.24, 2.45) is 0 Å². The Morgan fingerprint density at radius 3 is 2.26 bits per heavy atom. The maximum Gasteiger partial charge on any atom is 0.174 e. The number of Topliss-reactive ketones (excluding diaryl/α,β-unsaturated/α-hetero) is 1. The molecule has 0 saturated carbocycles. The molecule has 0 saturated heterocycles. The molecule has 0 aliphatic carbocycles. The first-order valence-electron chi connectivity index (χ1n) is 10.2. The third-order valence-corrected chi connectivity index (χ3v) is 5.26. The van der Waals surface area contributed by atoms with Crippen LogP contribution in [0.4, 0.5) is 0 Å². The zero-order valence-electron chi connectivity index (χ0n) is 18.2. The highest BCUT2D eigenvalue weighted by Crippen LogP contribution is 2.46. The second kappa shape index (κ2) is 8.76. The number of benzene rings is 2. The lowest BCUT2D eigenvalue weighted by Gasteiger charge is -2.28. The van der Waals surface area contributed by atoms with Gasteiger partial charge in [-0.25, -0.2) is 0 Å². The summed E-state index contributed by atoms with van der Waals surface area (Å²) < 4.78 is 5.92. The third-order valence-electron chi connectivity index (χ3n) is 5.26. The summed E-state index contributed by atoms with van der Waals surface area (Å²) in [4.78, 5) is 12.7. The molecule has 1 heterocycles. The van der Waals surface area contributed by atoms with Crippen LogP contribution in [0.5, 0.6) is 28.7 Å². The van der Waals surface area contributed by atoms with Gasteiger partial charge in [0.15, 0.2) is 5.78 Å². The minimum Gasteiger partial charge on any atom is -0.508 e. The zero-order valence-corrected chi connectivity index (χ0v) is 18.2. The number of phenols is 4. The predicted molar refractivity (Wildman–Crippen MR) is 118 cm³/mol. The largest absolute Gasteiger partial charge is 0.508 e. The van der Waals surface area contributed by atoms with Gasteiger partial charge in [0.05, 0.1) is 6.42 Å². The van der Waals surface area contributed by atoms with E-state index in [4.69, 9.17) is 4.74 Å². The van der Waals surface area contributed by atoms with Crippen molar-refractivity contribution in [3.8, 4) is 28.7 Å².